The lowest BCUT2D eigenvalue weighted by Crippen LogP contribution is -2.37. The lowest BCUT2D eigenvalue weighted by molar-refractivity contribution is -0.384. The van der Waals surface area contributed by atoms with Crippen molar-refractivity contribution in [1.29, 1.82) is 0 Å². The van der Waals surface area contributed by atoms with Gasteiger partial charge in [0.2, 0.25) is 5.91 Å². The number of hydrogen-bond donors (Lipinski definition) is 1. The second kappa shape index (κ2) is 6.36. The van der Waals surface area contributed by atoms with E-state index in [0.717, 1.165) is 12.1 Å². The van der Waals surface area contributed by atoms with Crippen molar-refractivity contribution in [2.75, 3.05) is 11.9 Å². The van der Waals surface area contributed by atoms with E-state index >= 15 is 0 Å². The fourth-order valence-corrected chi connectivity index (χ4v) is 2.64. The fraction of sp³-hybridized carbons (Fsp3) is 0.118. The minimum atomic E-state index is -0.778. The molecule has 8 nitrogen and oxygen atoms in total. The van der Waals surface area contributed by atoms with Crippen LogP contribution in [0.5, 0.6) is 0 Å². The highest BCUT2D eigenvalue weighted by atomic mass is 19.1. The van der Waals surface area contributed by atoms with E-state index in [4.69, 9.17) is 0 Å². The predicted octanol–water partition coefficient (Wildman–Crippen LogP) is 2.28. The topological polar surface area (TPSA) is 110 Å². The zero-order valence-corrected chi connectivity index (χ0v) is 13.5. The number of halogens is 1. The number of fused-ring (bicyclic) bond motifs is 1. The summed E-state index contributed by atoms with van der Waals surface area (Å²) < 4.78 is 13.1. The minimum Gasteiger partial charge on any atom is -0.324 e. The van der Waals surface area contributed by atoms with Crippen LogP contribution in [0.15, 0.2) is 36.4 Å². The number of non-ortho nitro benzene ring substituents is 1. The molecule has 1 aliphatic rings. The number of carbonyl (C=O) groups excluding carboxylic acids is 3. The Morgan fingerprint density at radius 3 is 2.50 bits per heavy atom. The second-order valence-corrected chi connectivity index (χ2v) is 5.69. The largest absolute Gasteiger partial charge is 0.324 e. The van der Waals surface area contributed by atoms with Gasteiger partial charge in [0.05, 0.1) is 16.1 Å². The molecule has 0 saturated carbocycles. The normalized spacial score (nSPS) is 12.9. The number of carbonyl (C=O) groups is 3. The quantitative estimate of drug-likeness (QED) is 0.513. The number of hydrogen-bond acceptors (Lipinski definition) is 5. The molecule has 2 aromatic carbocycles. The summed E-state index contributed by atoms with van der Waals surface area (Å²) in [7, 11) is 0. The van der Waals surface area contributed by atoms with Crippen LogP contribution in [-0.2, 0) is 4.79 Å². The number of amides is 3. The molecule has 0 unspecified atom stereocenters. The Bertz CT molecular complexity index is 973. The lowest BCUT2D eigenvalue weighted by Gasteiger charge is -2.14. The van der Waals surface area contributed by atoms with Crippen LogP contribution in [0.4, 0.5) is 15.8 Å². The van der Waals surface area contributed by atoms with Gasteiger partial charge in [-0.25, -0.2) is 4.39 Å². The van der Waals surface area contributed by atoms with Crippen molar-refractivity contribution >= 4 is 29.1 Å². The number of nitro groups is 1. The molecule has 0 saturated heterocycles. The highest BCUT2D eigenvalue weighted by Gasteiger charge is 2.37. The molecule has 1 heterocycles. The number of benzene rings is 2. The molecule has 132 valence electrons. The zero-order valence-electron chi connectivity index (χ0n) is 13.5. The average Bonchev–Trinajstić information content (AvgIpc) is 2.82. The summed E-state index contributed by atoms with van der Waals surface area (Å²) >= 11 is 0. The van der Waals surface area contributed by atoms with E-state index in [1.165, 1.54) is 24.3 Å². The molecule has 0 aromatic heterocycles. The third-order valence-electron chi connectivity index (χ3n) is 3.93. The van der Waals surface area contributed by atoms with Crippen molar-refractivity contribution < 1.29 is 23.7 Å². The molecule has 0 atom stereocenters. The first kappa shape index (κ1) is 17.2. The van der Waals surface area contributed by atoms with Gasteiger partial charge in [0.25, 0.3) is 17.5 Å². The van der Waals surface area contributed by atoms with Gasteiger partial charge in [-0.1, -0.05) is 0 Å². The number of aryl methyl sites for hydroxylation is 1. The van der Waals surface area contributed by atoms with Crippen molar-refractivity contribution in [1.82, 2.24) is 4.90 Å². The third-order valence-corrected chi connectivity index (χ3v) is 3.93. The summed E-state index contributed by atoms with van der Waals surface area (Å²) in [6, 6.07) is 7.09. The molecule has 0 radical (unpaired) electrons. The molecule has 1 N–H and O–H groups in total. The molecular weight excluding hydrogens is 345 g/mol. The summed E-state index contributed by atoms with van der Waals surface area (Å²) in [5.74, 6) is -2.59. The Labute approximate surface area is 146 Å². The Morgan fingerprint density at radius 1 is 1.15 bits per heavy atom. The molecule has 0 fully saturated rings. The molecule has 2 aromatic rings. The lowest BCUT2D eigenvalue weighted by atomic mass is 10.1. The Balaban J connectivity index is 1.78. The highest BCUT2D eigenvalue weighted by Crippen LogP contribution is 2.26. The summed E-state index contributed by atoms with van der Waals surface area (Å²) in [6.45, 7) is 1.04. The number of nitro benzene ring substituents is 1. The van der Waals surface area contributed by atoms with Gasteiger partial charge in [0, 0.05) is 17.8 Å². The highest BCUT2D eigenvalue weighted by molar-refractivity contribution is 6.23. The minimum absolute atomic E-state index is 0.00589. The Morgan fingerprint density at radius 2 is 1.85 bits per heavy atom. The number of imide groups is 1. The number of anilines is 1. The SMILES string of the molecule is Cc1cc(F)ccc1NC(=O)CN1C(=O)c2ccc([N+](=O)[O-])cc2C1=O. The summed E-state index contributed by atoms with van der Waals surface area (Å²) in [4.78, 5) is 47.6. The van der Waals surface area contributed by atoms with E-state index in [0.29, 0.717) is 16.2 Å². The van der Waals surface area contributed by atoms with Crippen LogP contribution in [0.1, 0.15) is 26.3 Å². The number of nitrogens with one attached hydrogen (secondary N) is 1. The molecule has 0 spiro atoms. The van der Waals surface area contributed by atoms with Gasteiger partial charge in [-0.3, -0.25) is 29.4 Å². The molecule has 0 aliphatic carbocycles. The van der Waals surface area contributed by atoms with Gasteiger partial charge in [0.15, 0.2) is 0 Å². The second-order valence-electron chi connectivity index (χ2n) is 5.69. The first-order valence-corrected chi connectivity index (χ1v) is 7.48. The van der Waals surface area contributed by atoms with E-state index in [-0.39, 0.29) is 16.8 Å². The predicted molar refractivity (Wildman–Crippen MR) is 88.2 cm³/mol. The van der Waals surface area contributed by atoms with Crippen LogP contribution in [0.2, 0.25) is 0 Å². The molecule has 3 amide bonds. The molecular formula is C17H12FN3O5. The van der Waals surface area contributed by atoms with Crippen molar-refractivity contribution in [3.63, 3.8) is 0 Å². The summed E-state index contributed by atoms with van der Waals surface area (Å²) in [5, 5.41) is 13.3. The van der Waals surface area contributed by atoms with Crippen molar-refractivity contribution in [2.45, 2.75) is 6.92 Å². The first-order chi connectivity index (χ1) is 12.3. The number of nitrogens with zero attached hydrogens (tertiary/aromatic N) is 2. The Hall–Kier alpha value is -3.62. The van der Waals surface area contributed by atoms with Crippen LogP contribution in [-0.4, -0.2) is 34.1 Å². The molecule has 1 aliphatic heterocycles. The standard InChI is InChI=1S/C17H12FN3O5/c1-9-6-10(18)2-5-14(9)19-15(22)8-20-16(23)12-4-3-11(21(25)26)7-13(12)17(20)24/h2-7H,8H2,1H3,(H,19,22). The first-order valence-electron chi connectivity index (χ1n) is 7.48. The van der Waals surface area contributed by atoms with Crippen molar-refractivity contribution in [3.8, 4) is 0 Å². The van der Waals surface area contributed by atoms with Gasteiger partial charge in [0.1, 0.15) is 12.4 Å². The summed E-state index contributed by atoms with van der Waals surface area (Å²) in [6.07, 6.45) is 0. The monoisotopic (exact) mass is 357 g/mol. The van der Waals surface area contributed by atoms with Crippen LogP contribution in [0.3, 0.4) is 0 Å². The molecule has 3 rings (SSSR count). The molecule has 26 heavy (non-hydrogen) atoms. The maximum atomic E-state index is 13.1. The van der Waals surface area contributed by atoms with Crippen LogP contribution >= 0.6 is 0 Å². The maximum Gasteiger partial charge on any atom is 0.270 e. The van der Waals surface area contributed by atoms with Gasteiger partial charge in [-0.05, 0) is 36.8 Å². The van der Waals surface area contributed by atoms with Gasteiger partial charge in [-0.15, -0.1) is 0 Å². The smallest absolute Gasteiger partial charge is 0.270 e. The van der Waals surface area contributed by atoms with Crippen LogP contribution in [0, 0.1) is 22.9 Å². The van der Waals surface area contributed by atoms with Gasteiger partial charge >= 0.3 is 0 Å². The van der Waals surface area contributed by atoms with E-state index in [1.807, 2.05) is 0 Å². The van der Waals surface area contributed by atoms with Gasteiger partial charge in [-0.2, -0.15) is 0 Å². The maximum absolute atomic E-state index is 13.1. The van der Waals surface area contributed by atoms with Crippen molar-refractivity contribution in [3.05, 3.63) is 69.0 Å². The van der Waals surface area contributed by atoms with E-state index < -0.39 is 35.0 Å². The number of rotatable bonds is 4. The molecule has 9 heteroatoms. The summed E-state index contributed by atoms with van der Waals surface area (Å²) in [5.41, 5.74) is 0.402. The average molecular weight is 357 g/mol. The Kier molecular flexibility index (Phi) is 4.21. The van der Waals surface area contributed by atoms with Crippen LogP contribution in [0.25, 0.3) is 0 Å². The van der Waals surface area contributed by atoms with Crippen molar-refractivity contribution in [2.24, 2.45) is 0 Å². The van der Waals surface area contributed by atoms with E-state index in [2.05, 4.69) is 5.32 Å². The van der Waals surface area contributed by atoms with E-state index in [9.17, 15) is 28.9 Å². The zero-order chi connectivity index (χ0) is 19.0. The third kappa shape index (κ3) is 3.02. The van der Waals surface area contributed by atoms with E-state index in [1.54, 1.807) is 6.92 Å². The molecule has 0 bridgehead atoms. The van der Waals surface area contributed by atoms with Gasteiger partial charge < -0.3 is 5.32 Å². The fourth-order valence-electron chi connectivity index (χ4n) is 2.64. The van der Waals surface area contributed by atoms with Crippen LogP contribution < -0.4 is 5.32 Å².